The third kappa shape index (κ3) is 4.88. The molecule has 0 aliphatic carbocycles. The zero-order valence-corrected chi connectivity index (χ0v) is 29.7. The number of hydrogen-bond donors (Lipinski definition) is 0. The smallest absolute Gasteiger partial charge is 0.164 e. The van der Waals surface area contributed by atoms with Crippen LogP contribution >= 0.6 is 22.7 Å². The molecule has 6 aromatic carbocycles. The van der Waals surface area contributed by atoms with Gasteiger partial charge in [-0.2, -0.15) is 0 Å². The maximum absolute atomic E-state index is 5.18. The van der Waals surface area contributed by atoms with Gasteiger partial charge in [0.2, 0.25) is 0 Å². The van der Waals surface area contributed by atoms with E-state index >= 15 is 0 Å². The van der Waals surface area contributed by atoms with E-state index in [1.807, 2.05) is 40.9 Å². The largest absolute Gasteiger partial charge is 0.208 e. The van der Waals surface area contributed by atoms with Gasteiger partial charge in [0.05, 0.1) is 0 Å². The minimum Gasteiger partial charge on any atom is -0.208 e. The first-order valence-corrected chi connectivity index (χ1v) is 18.2. The van der Waals surface area contributed by atoms with Crippen molar-refractivity contribution >= 4 is 130 Å². The molecule has 0 atom stereocenters. The zero-order valence-electron chi connectivity index (χ0n) is 28.1. The summed E-state index contributed by atoms with van der Waals surface area (Å²) in [6.07, 6.45) is 0. The Bertz CT molecular complexity index is 2760. The summed E-state index contributed by atoms with van der Waals surface area (Å²) < 4.78 is 5.18. The number of aromatic nitrogens is 3. The lowest BCUT2D eigenvalue weighted by Crippen LogP contribution is -2.55. The molecule has 0 radical (unpaired) electrons. The van der Waals surface area contributed by atoms with Gasteiger partial charge in [-0.05, 0) is 29.3 Å². The number of nitrogens with zero attached hydrogens (tertiary/aromatic N) is 3. The first-order valence-electron chi connectivity index (χ1n) is 16.6. The van der Waals surface area contributed by atoms with E-state index in [1.54, 1.807) is 0 Å². The van der Waals surface area contributed by atoms with Crippen LogP contribution in [-0.2, 0) is 0 Å². The highest BCUT2D eigenvalue weighted by molar-refractivity contribution is 7.26. The number of hydrogen-bond acceptors (Lipinski definition) is 5. The van der Waals surface area contributed by atoms with Crippen molar-refractivity contribution in [3.05, 3.63) is 109 Å². The number of fused-ring (bicyclic) bond motifs is 6. The Morgan fingerprint density at radius 1 is 0.388 bits per heavy atom. The monoisotopic (exact) mass is 657 g/mol. The molecule has 0 saturated heterocycles. The van der Waals surface area contributed by atoms with Crippen molar-refractivity contribution in [2.45, 2.75) is 0 Å². The highest BCUT2D eigenvalue weighted by Gasteiger charge is 2.19. The van der Waals surface area contributed by atoms with Gasteiger partial charge in [0.1, 0.15) is 39.2 Å². The molecule has 3 nitrogen and oxygen atoms in total. The van der Waals surface area contributed by atoms with E-state index < -0.39 is 0 Å². The maximum Gasteiger partial charge on any atom is 0.164 e. The summed E-state index contributed by atoms with van der Waals surface area (Å²) in [7, 11) is 11.0. The van der Waals surface area contributed by atoms with Crippen molar-refractivity contribution in [3.63, 3.8) is 0 Å². The quantitative estimate of drug-likeness (QED) is 0.274. The Kier molecular flexibility index (Phi) is 7.15. The van der Waals surface area contributed by atoms with Crippen LogP contribution in [0.2, 0.25) is 0 Å². The van der Waals surface area contributed by atoms with Crippen LogP contribution in [0.3, 0.4) is 0 Å². The Hall–Kier alpha value is -4.91. The van der Waals surface area contributed by atoms with Gasteiger partial charge >= 0.3 is 0 Å². The molecule has 0 bridgehead atoms. The SMILES string of the molecule is Bc1c(B)c(B)c(-c2nc(-c3ccccc3)nc(-c3ccc4c(c3)sc3cc(-c5cccc6c5sc5ccccc56)ccc34)n2)c(B)c1B. The van der Waals surface area contributed by atoms with Crippen LogP contribution in [0, 0.1) is 0 Å². The summed E-state index contributed by atoms with van der Waals surface area (Å²) in [5, 5.41) is 5.18. The van der Waals surface area contributed by atoms with Crippen LogP contribution in [0.4, 0.5) is 0 Å². The van der Waals surface area contributed by atoms with Gasteiger partial charge in [-0.25, -0.2) is 15.0 Å². The van der Waals surface area contributed by atoms with E-state index in [4.69, 9.17) is 15.0 Å². The summed E-state index contributed by atoms with van der Waals surface area (Å²) >= 11 is 3.71. The Morgan fingerprint density at radius 3 is 1.67 bits per heavy atom. The first kappa shape index (κ1) is 30.2. The van der Waals surface area contributed by atoms with Crippen LogP contribution < -0.4 is 27.3 Å². The fraction of sp³-hybridized carbons (Fsp3) is 0. The second kappa shape index (κ2) is 11.6. The predicted molar refractivity (Wildman–Crippen MR) is 228 cm³/mol. The third-order valence-corrected chi connectivity index (χ3v) is 12.7. The van der Waals surface area contributed by atoms with Crippen molar-refractivity contribution in [1.29, 1.82) is 0 Å². The Morgan fingerprint density at radius 2 is 0.939 bits per heavy atom. The molecule has 0 saturated carbocycles. The van der Waals surface area contributed by atoms with Gasteiger partial charge in [0, 0.05) is 57.0 Å². The number of benzene rings is 6. The van der Waals surface area contributed by atoms with Crippen molar-refractivity contribution in [2.24, 2.45) is 0 Å². The van der Waals surface area contributed by atoms with Gasteiger partial charge in [-0.3, -0.25) is 0 Å². The van der Waals surface area contributed by atoms with Gasteiger partial charge in [0.25, 0.3) is 0 Å². The molecule has 0 fully saturated rings. The molecule has 0 amide bonds. The Balaban J connectivity index is 1.19. The molecule has 3 aromatic heterocycles. The minimum atomic E-state index is 0.687. The van der Waals surface area contributed by atoms with E-state index in [2.05, 4.69) is 130 Å². The van der Waals surface area contributed by atoms with Crippen LogP contribution in [-0.4, -0.2) is 54.2 Å². The van der Waals surface area contributed by atoms with Crippen molar-refractivity contribution < 1.29 is 0 Å². The number of thiophene rings is 2. The van der Waals surface area contributed by atoms with Gasteiger partial charge in [-0.15, -0.1) is 39.1 Å². The van der Waals surface area contributed by atoms with Crippen LogP contribution in [0.15, 0.2) is 109 Å². The topological polar surface area (TPSA) is 38.7 Å². The van der Waals surface area contributed by atoms with Gasteiger partial charge < -0.3 is 0 Å². The van der Waals surface area contributed by atoms with E-state index in [-0.39, 0.29) is 0 Å². The lowest BCUT2D eigenvalue weighted by atomic mass is 9.60. The molecule has 0 N–H and O–H groups in total. The molecule has 3 heterocycles. The molecule has 9 aromatic rings. The number of rotatable bonds is 4. The van der Waals surface area contributed by atoms with E-state index in [0.29, 0.717) is 11.6 Å². The van der Waals surface area contributed by atoms with E-state index in [0.717, 1.165) is 22.5 Å². The maximum atomic E-state index is 5.18. The predicted octanol–water partition coefficient (Wildman–Crippen LogP) is 2.57. The Labute approximate surface area is 297 Å². The molecular weight excluding hydrogens is 629 g/mol. The highest BCUT2D eigenvalue weighted by atomic mass is 32.1. The molecule has 226 valence electrons. The average Bonchev–Trinajstić information content (AvgIpc) is 3.71. The second-order valence-corrected chi connectivity index (χ2v) is 15.1. The second-order valence-electron chi connectivity index (χ2n) is 13.0. The average molecular weight is 657 g/mol. The van der Waals surface area contributed by atoms with Crippen LogP contribution in [0.1, 0.15) is 0 Å². The molecule has 9 rings (SSSR count). The van der Waals surface area contributed by atoms with Crippen molar-refractivity contribution in [2.75, 3.05) is 0 Å². The molecule has 0 spiro atoms. The molecule has 0 unspecified atom stereocenters. The summed E-state index contributed by atoms with van der Waals surface area (Å²) in [5.74, 6) is 2.10. The summed E-state index contributed by atoms with van der Waals surface area (Å²) in [6, 6.07) is 39.2. The van der Waals surface area contributed by atoms with Gasteiger partial charge in [0.15, 0.2) is 17.5 Å². The molecule has 10 heteroatoms. The molecule has 0 aliphatic heterocycles. The third-order valence-electron chi connectivity index (χ3n) is 10.3. The summed E-state index contributed by atoms with van der Waals surface area (Å²) in [5.41, 5.74) is 12.0. The van der Waals surface area contributed by atoms with E-state index in [9.17, 15) is 0 Å². The van der Waals surface area contributed by atoms with Gasteiger partial charge in [-0.1, -0.05) is 102 Å². The van der Waals surface area contributed by atoms with Crippen LogP contribution in [0.5, 0.6) is 0 Å². The zero-order chi connectivity index (χ0) is 33.4. The van der Waals surface area contributed by atoms with Crippen LogP contribution in [0.25, 0.3) is 85.6 Å². The minimum absolute atomic E-state index is 0.687. The van der Waals surface area contributed by atoms with E-state index in [1.165, 1.54) is 78.8 Å². The summed E-state index contributed by atoms with van der Waals surface area (Å²) in [4.78, 5) is 15.3. The molecule has 49 heavy (non-hydrogen) atoms. The highest BCUT2D eigenvalue weighted by Crippen LogP contribution is 2.42. The molecular formula is C39H28B5N3S2. The first-order chi connectivity index (χ1) is 23.9. The normalized spacial score (nSPS) is 11.7. The summed E-state index contributed by atoms with van der Waals surface area (Å²) in [6.45, 7) is 0. The van der Waals surface area contributed by atoms with Crippen molar-refractivity contribution in [3.8, 4) is 45.3 Å². The fourth-order valence-corrected chi connectivity index (χ4v) is 9.65. The fourth-order valence-electron chi connectivity index (χ4n) is 7.23. The molecule has 0 aliphatic rings. The lowest BCUT2D eigenvalue weighted by molar-refractivity contribution is 1.08. The van der Waals surface area contributed by atoms with Crippen molar-refractivity contribution in [1.82, 2.24) is 15.0 Å². The standard InChI is InChI=1S/C39H28B5N3S2/c40-31-30(32(41)34(43)35(44)33(31)42)39-46-37(19-7-2-1-3-8-19)45-38(47-39)21-14-16-25-24-15-13-20(17-28(24)48-29(25)18-21)22-10-6-11-26-23-9-4-5-12-27(23)49-36(22)26/h1-18H,40-44H2. The lowest BCUT2D eigenvalue weighted by Gasteiger charge is -2.20.